The number of allylic oxidation sites excluding steroid dienone is 1. The van der Waals surface area contributed by atoms with Crippen molar-refractivity contribution in [2.24, 2.45) is 0 Å². The number of amides is 3. The molecule has 1 aliphatic rings. The van der Waals surface area contributed by atoms with Crippen LogP contribution in [0.4, 0.5) is 9.59 Å². The number of carbonyl (C=O) groups excluding carboxylic acids is 1. The van der Waals surface area contributed by atoms with Crippen LogP contribution in [0.15, 0.2) is 35.5 Å². The van der Waals surface area contributed by atoms with E-state index in [0.717, 1.165) is 5.56 Å². The van der Waals surface area contributed by atoms with E-state index in [-0.39, 0.29) is 5.57 Å². The van der Waals surface area contributed by atoms with Gasteiger partial charge in [-0.3, -0.25) is 0 Å². The lowest BCUT2D eigenvalue weighted by Gasteiger charge is -2.33. The van der Waals surface area contributed by atoms with Crippen LogP contribution in [-0.4, -0.2) is 22.1 Å². The molecule has 3 amide bonds. The van der Waals surface area contributed by atoms with E-state index in [9.17, 15) is 20.0 Å². The van der Waals surface area contributed by atoms with Crippen molar-refractivity contribution in [1.29, 1.82) is 5.26 Å². The molecule has 2 N–H and O–H groups in total. The maximum Gasteiger partial charge on any atom is 0.416 e. The van der Waals surface area contributed by atoms with Gasteiger partial charge in [0.25, 0.3) is 0 Å². The van der Waals surface area contributed by atoms with Crippen molar-refractivity contribution in [3.8, 4) is 6.07 Å². The van der Waals surface area contributed by atoms with Gasteiger partial charge in [-0.15, -0.1) is 0 Å². The fraction of sp³-hybridized carbons (Fsp3) is 0.214. The van der Waals surface area contributed by atoms with Gasteiger partial charge in [0.05, 0.1) is 11.6 Å². The summed E-state index contributed by atoms with van der Waals surface area (Å²) in [5, 5.41) is 20.9. The highest BCUT2D eigenvalue weighted by Gasteiger charge is 2.39. The molecule has 1 aromatic carbocycles. The second-order valence-corrected chi connectivity index (χ2v) is 4.49. The molecule has 1 aromatic rings. The van der Waals surface area contributed by atoms with Gasteiger partial charge in [-0.1, -0.05) is 24.3 Å². The number of hydrogen-bond donors (Lipinski definition) is 2. The molecule has 1 heterocycles. The number of carboxylic acid groups (broad SMARTS) is 1. The first kappa shape index (κ1) is 13.6. The van der Waals surface area contributed by atoms with E-state index in [1.807, 2.05) is 25.1 Å². The van der Waals surface area contributed by atoms with E-state index in [1.54, 1.807) is 19.1 Å². The Morgan fingerprint density at radius 1 is 1.40 bits per heavy atom. The molecular formula is C14H13N3O3. The third-order valence-electron chi connectivity index (χ3n) is 3.26. The number of aryl methyl sites for hydroxylation is 1. The third-order valence-corrected chi connectivity index (χ3v) is 3.26. The molecule has 0 aromatic heterocycles. The van der Waals surface area contributed by atoms with Crippen molar-refractivity contribution in [3.05, 3.63) is 46.7 Å². The van der Waals surface area contributed by atoms with Gasteiger partial charge in [-0.05, 0) is 25.0 Å². The quantitative estimate of drug-likeness (QED) is 0.820. The Balaban J connectivity index is 2.68. The SMILES string of the molecule is CC1=C(C#N)C(c2ccccc2C)N(C(=O)O)C(=O)N1. The van der Waals surface area contributed by atoms with Crippen LogP contribution < -0.4 is 5.32 Å². The summed E-state index contributed by atoms with van der Waals surface area (Å²) in [6, 6.07) is 7.43. The lowest BCUT2D eigenvalue weighted by atomic mass is 9.92. The van der Waals surface area contributed by atoms with Crippen LogP contribution in [0.25, 0.3) is 0 Å². The number of nitrogens with zero attached hydrogens (tertiary/aromatic N) is 2. The molecule has 2 rings (SSSR count). The summed E-state index contributed by atoms with van der Waals surface area (Å²) in [4.78, 5) is 23.9. The number of nitrogens with one attached hydrogen (secondary N) is 1. The second-order valence-electron chi connectivity index (χ2n) is 4.49. The van der Waals surface area contributed by atoms with Crippen LogP contribution in [0.5, 0.6) is 0 Å². The Labute approximate surface area is 115 Å². The molecule has 1 aliphatic heterocycles. The topological polar surface area (TPSA) is 93.4 Å². The summed E-state index contributed by atoms with van der Waals surface area (Å²) < 4.78 is 0. The maximum absolute atomic E-state index is 11.9. The van der Waals surface area contributed by atoms with E-state index in [0.29, 0.717) is 16.2 Å². The summed E-state index contributed by atoms with van der Waals surface area (Å²) in [7, 11) is 0. The first-order valence-corrected chi connectivity index (χ1v) is 5.97. The maximum atomic E-state index is 11.9. The minimum absolute atomic E-state index is 0.223. The Bertz CT molecular complexity index is 658. The van der Waals surface area contributed by atoms with Crippen LogP contribution in [-0.2, 0) is 0 Å². The summed E-state index contributed by atoms with van der Waals surface area (Å²) >= 11 is 0. The van der Waals surface area contributed by atoms with Gasteiger partial charge in [0.15, 0.2) is 0 Å². The number of carbonyl (C=O) groups is 2. The van der Waals surface area contributed by atoms with E-state index in [2.05, 4.69) is 5.32 Å². The smallest absolute Gasteiger partial charge is 0.416 e. The number of imide groups is 1. The summed E-state index contributed by atoms with van der Waals surface area (Å²) in [6.07, 6.45) is -1.39. The Kier molecular flexibility index (Phi) is 3.44. The molecule has 0 aliphatic carbocycles. The highest BCUT2D eigenvalue weighted by molar-refractivity contribution is 5.93. The minimum atomic E-state index is -1.39. The normalized spacial score (nSPS) is 18.6. The highest BCUT2D eigenvalue weighted by Crippen LogP contribution is 2.34. The lowest BCUT2D eigenvalue weighted by Crippen LogP contribution is -2.49. The molecule has 0 saturated heterocycles. The monoisotopic (exact) mass is 271 g/mol. The fourth-order valence-corrected chi connectivity index (χ4v) is 2.27. The number of nitriles is 1. The zero-order chi connectivity index (χ0) is 14.9. The first-order chi connectivity index (χ1) is 9.47. The molecule has 20 heavy (non-hydrogen) atoms. The molecule has 1 unspecified atom stereocenters. The Morgan fingerprint density at radius 3 is 2.60 bits per heavy atom. The molecule has 0 spiro atoms. The van der Waals surface area contributed by atoms with Crippen LogP contribution >= 0.6 is 0 Å². The van der Waals surface area contributed by atoms with E-state index in [4.69, 9.17) is 0 Å². The van der Waals surface area contributed by atoms with E-state index >= 15 is 0 Å². The van der Waals surface area contributed by atoms with Gasteiger partial charge in [0.1, 0.15) is 6.04 Å². The zero-order valence-corrected chi connectivity index (χ0v) is 11.0. The van der Waals surface area contributed by atoms with Crippen molar-refractivity contribution in [3.63, 3.8) is 0 Å². The number of rotatable bonds is 1. The summed E-state index contributed by atoms with van der Waals surface area (Å²) in [6.45, 7) is 3.40. The Hall–Kier alpha value is -2.81. The molecule has 0 fully saturated rings. The van der Waals surface area contributed by atoms with Crippen molar-refractivity contribution in [2.75, 3.05) is 0 Å². The van der Waals surface area contributed by atoms with Gasteiger partial charge >= 0.3 is 12.1 Å². The lowest BCUT2D eigenvalue weighted by molar-refractivity contribution is 0.136. The highest BCUT2D eigenvalue weighted by atomic mass is 16.4. The van der Waals surface area contributed by atoms with Gasteiger partial charge in [-0.2, -0.15) is 5.26 Å². The molecule has 0 radical (unpaired) electrons. The average molecular weight is 271 g/mol. The van der Waals surface area contributed by atoms with Crippen LogP contribution in [0.1, 0.15) is 24.1 Å². The van der Waals surface area contributed by atoms with Crippen LogP contribution in [0.2, 0.25) is 0 Å². The molecule has 102 valence electrons. The van der Waals surface area contributed by atoms with Gasteiger partial charge in [0.2, 0.25) is 0 Å². The average Bonchev–Trinajstić information content (AvgIpc) is 2.38. The van der Waals surface area contributed by atoms with Crippen LogP contribution in [0.3, 0.4) is 0 Å². The number of urea groups is 1. The predicted molar refractivity (Wildman–Crippen MR) is 70.6 cm³/mol. The molecule has 6 heteroatoms. The third kappa shape index (κ3) is 2.10. The number of benzene rings is 1. The van der Waals surface area contributed by atoms with Gasteiger partial charge in [0, 0.05) is 5.70 Å². The summed E-state index contributed by atoms with van der Waals surface area (Å²) in [5.41, 5.74) is 2.05. The number of hydrogen-bond acceptors (Lipinski definition) is 3. The van der Waals surface area contributed by atoms with Crippen molar-refractivity contribution in [2.45, 2.75) is 19.9 Å². The molecular weight excluding hydrogens is 258 g/mol. The van der Waals surface area contributed by atoms with Crippen molar-refractivity contribution >= 4 is 12.1 Å². The molecule has 6 nitrogen and oxygen atoms in total. The fourth-order valence-electron chi connectivity index (χ4n) is 2.27. The zero-order valence-electron chi connectivity index (χ0n) is 11.0. The Morgan fingerprint density at radius 2 is 2.05 bits per heavy atom. The molecule has 1 atom stereocenters. The van der Waals surface area contributed by atoms with E-state index < -0.39 is 18.2 Å². The van der Waals surface area contributed by atoms with E-state index in [1.165, 1.54) is 0 Å². The molecule has 0 bridgehead atoms. The standard InChI is InChI=1S/C14H13N3O3/c1-8-5-3-4-6-10(8)12-11(7-15)9(2)16-13(18)17(12)14(19)20/h3-6,12H,1-2H3,(H,16,18)(H,19,20). The predicted octanol–water partition coefficient (Wildman–Crippen LogP) is 2.54. The summed E-state index contributed by atoms with van der Waals surface area (Å²) in [5.74, 6) is 0. The largest absolute Gasteiger partial charge is 0.465 e. The van der Waals surface area contributed by atoms with Gasteiger partial charge in [-0.25, -0.2) is 14.5 Å². The minimum Gasteiger partial charge on any atom is -0.465 e. The van der Waals surface area contributed by atoms with Crippen LogP contribution in [0, 0.1) is 18.3 Å². The van der Waals surface area contributed by atoms with Crippen molar-refractivity contribution < 1.29 is 14.7 Å². The first-order valence-electron chi connectivity index (χ1n) is 5.97. The second kappa shape index (κ2) is 5.05. The molecule has 0 saturated carbocycles. The van der Waals surface area contributed by atoms with Crippen molar-refractivity contribution in [1.82, 2.24) is 10.2 Å². The van der Waals surface area contributed by atoms with Gasteiger partial charge < -0.3 is 10.4 Å².